The standard InChI is InChI=1S/C27H36ClF/c1-2-3-4-5-6-7-19-8-9-21-15-22(11-10-20(21)14-19)23-12-13-24-17-26(28)27(29)18-25(24)16-23/h12-13,16-22H,2-11,14-15H2,1H3/t19-,20?,21-,22?/m1/s1. The van der Waals surface area contributed by atoms with Gasteiger partial charge in [0.1, 0.15) is 5.82 Å². The second kappa shape index (κ2) is 9.82. The lowest BCUT2D eigenvalue weighted by molar-refractivity contribution is 0.113. The molecule has 29 heavy (non-hydrogen) atoms. The molecule has 0 amide bonds. The lowest BCUT2D eigenvalue weighted by atomic mass is 9.63. The molecule has 4 atom stereocenters. The first-order valence-electron chi connectivity index (χ1n) is 12.0. The van der Waals surface area contributed by atoms with E-state index >= 15 is 0 Å². The molecular formula is C27H36ClF. The summed E-state index contributed by atoms with van der Waals surface area (Å²) in [7, 11) is 0. The van der Waals surface area contributed by atoms with Crippen molar-refractivity contribution in [2.75, 3.05) is 0 Å². The Bertz CT molecular complexity index is 814. The Morgan fingerprint density at radius 2 is 1.66 bits per heavy atom. The normalized spacial score (nSPS) is 27.1. The highest BCUT2D eigenvalue weighted by Crippen LogP contribution is 2.48. The van der Waals surface area contributed by atoms with Crippen LogP contribution in [0.3, 0.4) is 0 Å². The third-order valence-electron chi connectivity index (χ3n) is 7.81. The van der Waals surface area contributed by atoms with E-state index in [1.54, 1.807) is 12.1 Å². The molecule has 2 fully saturated rings. The summed E-state index contributed by atoms with van der Waals surface area (Å²) >= 11 is 5.94. The van der Waals surface area contributed by atoms with Gasteiger partial charge in [0.25, 0.3) is 0 Å². The van der Waals surface area contributed by atoms with Gasteiger partial charge in [0.05, 0.1) is 5.02 Å². The van der Waals surface area contributed by atoms with Crippen molar-refractivity contribution < 1.29 is 4.39 Å². The Hall–Kier alpha value is -1.08. The lowest BCUT2D eigenvalue weighted by Crippen LogP contribution is -2.30. The van der Waals surface area contributed by atoms with Crippen LogP contribution < -0.4 is 0 Å². The van der Waals surface area contributed by atoms with Gasteiger partial charge in [0.15, 0.2) is 0 Å². The van der Waals surface area contributed by atoms with Crippen molar-refractivity contribution in [3.05, 3.63) is 46.7 Å². The molecule has 0 radical (unpaired) electrons. The predicted molar refractivity (Wildman–Crippen MR) is 123 cm³/mol. The highest BCUT2D eigenvalue weighted by Gasteiger charge is 2.35. The van der Waals surface area contributed by atoms with E-state index < -0.39 is 0 Å². The third-order valence-corrected chi connectivity index (χ3v) is 8.10. The zero-order chi connectivity index (χ0) is 20.2. The van der Waals surface area contributed by atoms with E-state index in [1.165, 1.54) is 82.6 Å². The zero-order valence-corrected chi connectivity index (χ0v) is 18.7. The average molecular weight is 415 g/mol. The van der Waals surface area contributed by atoms with Gasteiger partial charge in [-0.25, -0.2) is 4.39 Å². The van der Waals surface area contributed by atoms with Gasteiger partial charge in [-0.2, -0.15) is 0 Å². The third kappa shape index (κ3) is 5.16. The van der Waals surface area contributed by atoms with Gasteiger partial charge < -0.3 is 0 Å². The smallest absolute Gasteiger partial charge is 0.142 e. The van der Waals surface area contributed by atoms with Gasteiger partial charge in [0.2, 0.25) is 0 Å². The number of benzene rings is 2. The molecule has 0 heterocycles. The second-order valence-corrected chi connectivity index (χ2v) is 10.2. The Morgan fingerprint density at radius 1 is 0.862 bits per heavy atom. The van der Waals surface area contributed by atoms with E-state index in [2.05, 4.69) is 25.1 Å². The summed E-state index contributed by atoms with van der Waals surface area (Å²) < 4.78 is 13.9. The Kier molecular flexibility index (Phi) is 7.16. The fraction of sp³-hybridized carbons (Fsp3) is 0.630. The molecule has 0 saturated heterocycles. The molecule has 0 spiro atoms. The Balaban J connectivity index is 1.33. The number of fused-ring (bicyclic) bond motifs is 2. The second-order valence-electron chi connectivity index (χ2n) is 9.79. The molecule has 0 nitrogen and oxygen atoms in total. The van der Waals surface area contributed by atoms with Crippen LogP contribution in [0.1, 0.15) is 95.5 Å². The minimum absolute atomic E-state index is 0.216. The molecule has 2 saturated carbocycles. The van der Waals surface area contributed by atoms with Gasteiger partial charge in [0, 0.05) is 0 Å². The van der Waals surface area contributed by atoms with Crippen LogP contribution in [-0.2, 0) is 0 Å². The van der Waals surface area contributed by atoms with Crippen LogP contribution in [-0.4, -0.2) is 0 Å². The molecular weight excluding hydrogens is 379 g/mol. The van der Waals surface area contributed by atoms with Crippen LogP contribution in [0, 0.1) is 23.6 Å². The summed E-state index contributed by atoms with van der Waals surface area (Å²) in [5, 5.41) is 2.24. The molecule has 0 N–H and O–H groups in total. The summed E-state index contributed by atoms with van der Waals surface area (Å²) in [4.78, 5) is 0. The first kappa shape index (κ1) is 21.2. The molecule has 2 aromatic carbocycles. The largest absolute Gasteiger partial charge is 0.205 e. The Morgan fingerprint density at radius 3 is 2.52 bits per heavy atom. The van der Waals surface area contributed by atoms with Crippen molar-refractivity contribution in [1.82, 2.24) is 0 Å². The van der Waals surface area contributed by atoms with Crippen molar-refractivity contribution >= 4 is 22.4 Å². The topological polar surface area (TPSA) is 0 Å². The summed E-state index contributed by atoms with van der Waals surface area (Å²) in [6.07, 6.45) is 16.9. The van der Waals surface area contributed by atoms with Crippen LogP contribution in [0.4, 0.5) is 4.39 Å². The van der Waals surface area contributed by atoms with Gasteiger partial charge >= 0.3 is 0 Å². The molecule has 2 unspecified atom stereocenters. The van der Waals surface area contributed by atoms with Crippen molar-refractivity contribution in [3.63, 3.8) is 0 Å². The highest BCUT2D eigenvalue weighted by molar-refractivity contribution is 6.31. The van der Waals surface area contributed by atoms with Gasteiger partial charge in [-0.1, -0.05) is 81.7 Å². The highest BCUT2D eigenvalue weighted by atomic mass is 35.5. The SMILES string of the molecule is CCCCCCC[C@@H]1CC[C@@H]2CC(c3ccc4cc(Cl)c(F)cc4c3)CCC2C1. The number of hydrogen-bond donors (Lipinski definition) is 0. The molecule has 158 valence electrons. The van der Waals surface area contributed by atoms with Crippen LogP contribution in [0.2, 0.25) is 5.02 Å². The number of halogens is 2. The Labute approximate surface area is 181 Å². The van der Waals surface area contributed by atoms with Crippen LogP contribution in [0.5, 0.6) is 0 Å². The maximum Gasteiger partial charge on any atom is 0.142 e. The van der Waals surface area contributed by atoms with Crippen LogP contribution in [0.25, 0.3) is 10.8 Å². The maximum absolute atomic E-state index is 13.9. The number of unbranched alkanes of at least 4 members (excludes halogenated alkanes) is 4. The summed E-state index contributed by atoms with van der Waals surface area (Å²) in [5.74, 6) is 3.18. The first-order valence-corrected chi connectivity index (χ1v) is 12.4. The molecule has 0 bridgehead atoms. The minimum Gasteiger partial charge on any atom is -0.205 e. The monoisotopic (exact) mass is 414 g/mol. The van der Waals surface area contributed by atoms with Crippen molar-refractivity contribution in [2.24, 2.45) is 17.8 Å². The molecule has 0 aliphatic heterocycles. The van der Waals surface area contributed by atoms with Crippen LogP contribution >= 0.6 is 11.6 Å². The van der Waals surface area contributed by atoms with Crippen LogP contribution in [0.15, 0.2) is 30.3 Å². The van der Waals surface area contributed by atoms with E-state index in [0.29, 0.717) is 5.92 Å². The van der Waals surface area contributed by atoms with Crippen molar-refractivity contribution in [1.29, 1.82) is 0 Å². The molecule has 4 rings (SSSR count). The van der Waals surface area contributed by atoms with Crippen molar-refractivity contribution in [3.8, 4) is 0 Å². The molecule has 2 aliphatic rings. The van der Waals surface area contributed by atoms with Gasteiger partial charge in [-0.3, -0.25) is 0 Å². The molecule has 0 aromatic heterocycles. The number of hydrogen-bond acceptors (Lipinski definition) is 0. The summed E-state index contributed by atoms with van der Waals surface area (Å²) in [6, 6.07) is 9.93. The first-order chi connectivity index (χ1) is 14.1. The van der Waals surface area contributed by atoms with E-state index in [4.69, 9.17) is 11.6 Å². The van der Waals surface area contributed by atoms with E-state index in [1.807, 2.05) is 0 Å². The predicted octanol–water partition coefficient (Wildman–Crippen LogP) is 9.29. The van der Waals surface area contributed by atoms with E-state index in [-0.39, 0.29) is 10.8 Å². The zero-order valence-electron chi connectivity index (χ0n) is 17.9. The minimum atomic E-state index is -0.312. The van der Waals surface area contributed by atoms with E-state index in [0.717, 1.165) is 28.5 Å². The summed E-state index contributed by atoms with van der Waals surface area (Å²) in [6.45, 7) is 2.30. The summed E-state index contributed by atoms with van der Waals surface area (Å²) in [5.41, 5.74) is 1.40. The molecule has 2 aromatic rings. The average Bonchev–Trinajstić information content (AvgIpc) is 2.73. The van der Waals surface area contributed by atoms with Gasteiger partial charge in [-0.15, -0.1) is 0 Å². The van der Waals surface area contributed by atoms with Crippen molar-refractivity contribution in [2.45, 2.75) is 89.9 Å². The maximum atomic E-state index is 13.9. The quantitative estimate of drug-likeness (QED) is 0.396. The lowest BCUT2D eigenvalue weighted by Gasteiger charge is -2.42. The number of rotatable bonds is 7. The fourth-order valence-electron chi connectivity index (χ4n) is 6.10. The van der Waals surface area contributed by atoms with Gasteiger partial charge in [-0.05, 0) is 84.2 Å². The van der Waals surface area contributed by atoms with E-state index in [9.17, 15) is 4.39 Å². The molecule has 2 heteroatoms. The fourth-order valence-corrected chi connectivity index (χ4v) is 6.27. The molecule has 2 aliphatic carbocycles.